The summed E-state index contributed by atoms with van der Waals surface area (Å²) in [4.78, 5) is 0. The van der Waals surface area contributed by atoms with Crippen molar-refractivity contribution in [1.29, 1.82) is 0 Å². The highest BCUT2D eigenvalue weighted by molar-refractivity contribution is 9.10. The van der Waals surface area contributed by atoms with Crippen molar-refractivity contribution in [2.24, 2.45) is 0 Å². The van der Waals surface area contributed by atoms with E-state index in [4.69, 9.17) is 4.52 Å². The molecule has 0 fully saturated rings. The van der Waals surface area contributed by atoms with Gasteiger partial charge in [-0.15, -0.1) is 0 Å². The quantitative estimate of drug-likeness (QED) is 0.667. The molecule has 7 heteroatoms. The van der Waals surface area contributed by atoms with Crippen molar-refractivity contribution in [1.82, 2.24) is 5.16 Å². The second kappa shape index (κ2) is 6.17. The fourth-order valence-electron chi connectivity index (χ4n) is 2.20. The van der Waals surface area contributed by atoms with Gasteiger partial charge in [-0.3, -0.25) is 0 Å². The predicted molar refractivity (Wildman–Crippen MR) is 80.9 cm³/mol. The van der Waals surface area contributed by atoms with E-state index in [1.54, 1.807) is 24.3 Å². The number of nitrogens with zero attached hydrogens (tertiary/aromatic N) is 1. The van der Waals surface area contributed by atoms with E-state index in [0.717, 1.165) is 4.47 Å². The molecule has 0 aliphatic rings. The lowest BCUT2D eigenvalue weighted by Crippen LogP contribution is -1.94. The molecular weight excluding hydrogens is 375 g/mol. The Hall–Kier alpha value is -2.12. The van der Waals surface area contributed by atoms with Gasteiger partial charge in [-0.05, 0) is 18.2 Å². The summed E-state index contributed by atoms with van der Waals surface area (Å²) < 4.78 is 46.3. The Bertz CT molecular complexity index is 863. The summed E-state index contributed by atoms with van der Waals surface area (Å²) in [5.74, 6) is -3.66. The number of aliphatic hydroxyl groups is 1. The number of aliphatic hydroxyl groups excluding tert-OH is 1. The summed E-state index contributed by atoms with van der Waals surface area (Å²) in [5.41, 5.74) is 0.829. The number of hydrogen-bond acceptors (Lipinski definition) is 3. The SMILES string of the molecule is OCc1c(-c2ccc(Br)cc2)noc1-c1cc(F)c(F)cc1F. The van der Waals surface area contributed by atoms with Crippen LogP contribution in [0.25, 0.3) is 22.6 Å². The van der Waals surface area contributed by atoms with E-state index >= 15 is 0 Å². The number of halogens is 4. The molecular formula is C16H9BrF3NO2. The molecule has 3 nitrogen and oxygen atoms in total. The van der Waals surface area contributed by atoms with Gasteiger partial charge in [0.1, 0.15) is 11.5 Å². The molecule has 0 atom stereocenters. The second-order valence-corrected chi connectivity index (χ2v) is 5.67. The fourth-order valence-corrected chi connectivity index (χ4v) is 2.46. The fraction of sp³-hybridized carbons (Fsp3) is 0.0625. The maximum absolute atomic E-state index is 13.9. The Morgan fingerprint density at radius 2 is 1.65 bits per heavy atom. The lowest BCUT2D eigenvalue weighted by atomic mass is 10.0. The summed E-state index contributed by atoms with van der Waals surface area (Å²) in [6.07, 6.45) is 0. The third-order valence-electron chi connectivity index (χ3n) is 3.32. The molecule has 3 aromatic rings. The smallest absolute Gasteiger partial charge is 0.176 e. The maximum atomic E-state index is 13.9. The zero-order valence-electron chi connectivity index (χ0n) is 11.5. The first-order valence-electron chi connectivity index (χ1n) is 6.51. The summed E-state index contributed by atoms with van der Waals surface area (Å²) in [7, 11) is 0. The van der Waals surface area contributed by atoms with Crippen LogP contribution in [0.1, 0.15) is 5.56 Å². The van der Waals surface area contributed by atoms with Crippen LogP contribution in [0.2, 0.25) is 0 Å². The molecule has 0 saturated heterocycles. The average molecular weight is 384 g/mol. The van der Waals surface area contributed by atoms with Crippen LogP contribution in [-0.2, 0) is 6.61 Å². The van der Waals surface area contributed by atoms with Gasteiger partial charge in [-0.1, -0.05) is 33.2 Å². The van der Waals surface area contributed by atoms with Gasteiger partial charge in [0.15, 0.2) is 17.4 Å². The minimum Gasteiger partial charge on any atom is -0.391 e. The van der Waals surface area contributed by atoms with Crippen LogP contribution in [0.15, 0.2) is 45.4 Å². The highest BCUT2D eigenvalue weighted by Gasteiger charge is 2.22. The number of hydrogen-bond donors (Lipinski definition) is 1. The van der Waals surface area contributed by atoms with Crippen molar-refractivity contribution in [2.45, 2.75) is 6.61 Å². The largest absolute Gasteiger partial charge is 0.391 e. The van der Waals surface area contributed by atoms with Gasteiger partial charge in [0, 0.05) is 16.1 Å². The molecule has 0 amide bonds. The van der Waals surface area contributed by atoms with Crippen LogP contribution in [0.5, 0.6) is 0 Å². The van der Waals surface area contributed by atoms with Gasteiger partial charge < -0.3 is 9.63 Å². The van der Waals surface area contributed by atoms with Gasteiger partial charge >= 0.3 is 0 Å². The molecule has 0 saturated carbocycles. The van der Waals surface area contributed by atoms with E-state index in [2.05, 4.69) is 21.1 Å². The lowest BCUT2D eigenvalue weighted by molar-refractivity contribution is 0.281. The van der Waals surface area contributed by atoms with Crippen molar-refractivity contribution < 1.29 is 22.8 Å². The molecule has 0 bridgehead atoms. The van der Waals surface area contributed by atoms with Gasteiger partial charge in [-0.25, -0.2) is 13.2 Å². The van der Waals surface area contributed by atoms with E-state index < -0.39 is 24.1 Å². The van der Waals surface area contributed by atoms with E-state index in [0.29, 0.717) is 23.4 Å². The van der Waals surface area contributed by atoms with Crippen molar-refractivity contribution in [3.63, 3.8) is 0 Å². The molecule has 23 heavy (non-hydrogen) atoms. The van der Waals surface area contributed by atoms with Crippen molar-refractivity contribution in [3.8, 4) is 22.6 Å². The molecule has 118 valence electrons. The van der Waals surface area contributed by atoms with Crippen molar-refractivity contribution in [3.05, 3.63) is 63.9 Å². The first kappa shape index (κ1) is 15.8. The minimum absolute atomic E-state index is 0.137. The Morgan fingerprint density at radius 3 is 2.30 bits per heavy atom. The van der Waals surface area contributed by atoms with Crippen LogP contribution in [0.4, 0.5) is 13.2 Å². The molecule has 2 aromatic carbocycles. The Balaban J connectivity index is 2.15. The highest BCUT2D eigenvalue weighted by atomic mass is 79.9. The van der Waals surface area contributed by atoms with Gasteiger partial charge in [-0.2, -0.15) is 0 Å². The molecule has 0 aliphatic heterocycles. The zero-order chi connectivity index (χ0) is 16.6. The van der Waals surface area contributed by atoms with E-state index in [-0.39, 0.29) is 16.9 Å². The minimum atomic E-state index is -1.30. The van der Waals surface area contributed by atoms with Crippen LogP contribution in [0, 0.1) is 17.5 Å². The zero-order valence-corrected chi connectivity index (χ0v) is 13.1. The van der Waals surface area contributed by atoms with E-state index in [9.17, 15) is 18.3 Å². The van der Waals surface area contributed by atoms with Gasteiger partial charge in [0.2, 0.25) is 0 Å². The Labute approximate surface area is 137 Å². The third-order valence-corrected chi connectivity index (χ3v) is 3.85. The predicted octanol–water partition coefficient (Wildman–Crippen LogP) is 4.68. The molecule has 1 N–H and O–H groups in total. The summed E-state index contributed by atoms with van der Waals surface area (Å²) in [5, 5.41) is 13.4. The highest BCUT2D eigenvalue weighted by Crippen LogP contribution is 2.34. The van der Waals surface area contributed by atoms with Crippen molar-refractivity contribution >= 4 is 15.9 Å². The molecule has 0 aliphatic carbocycles. The Kier molecular flexibility index (Phi) is 4.23. The average Bonchev–Trinajstić information content (AvgIpc) is 2.95. The monoisotopic (exact) mass is 383 g/mol. The number of rotatable bonds is 3. The number of aromatic nitrogens is 1. The van der Waals surface area contributed by atoms with Gasteiger partial charge in [0.05, 0.1) is 17.7 Å². The molecule has 3 rings (SSSR count). The second-order valence-electron chi connectivity index (χ2n) is 4.75. The number of benzene rings is 2. The standard InChI is InChI=1S/C16H9BrF3NO2/c17-9-3-1-8(2-4-9)15-11(7-22)16(23-21-15)10-5-13(19)14(20)6-12(10)18/h1-6,22H,7H2. The Morgan fingerprint density at radius 1 is 1.00 bits per heavy atom. The normalized spacial score (nSPS) is 11.0. The van der Waals surface area contributed by atoms with Gasteiger partial charge in [0.25, 0.3) is 0 Å². The third kappa shape index (κ3) is 2.89. The topological polar surface area (TPSA) is 46.3 Å². The van der Waals surface area contributed by atoms with Crippen LogP contribution in [0.3, 0.4) is 0 Å². The van der Waals surface area contributed by atoms with Crippen molar-refractivity contribution in [2.75, 3.05) is 0 Å². The van der Waals surface area contributed by atoms with E-state index in [1.807, 2.05) is 0 Å². The molecule has 0 unspecified atom stereocenters. The van der Waals surface area contributed by atoms with E-state index in [1.165, 1.54) is 0 Å². The summed E-state index contributed by atoms with van der Waals surface area (Å²) >= 11 is 3.30. The molecule has 0 spiro atoms. The molecule has 1 heterocycles. The first-order valence-corrected chi connectivity index (χ1v) is 7.31. The lowest BCUT2D eigenvalue weighted by Gasteiger charge is -2.04. The molecule has 1 aromatic heterocycles. The summed E-state index contributed by atoms with van der Waals surface area (Å²) in [6.45, 7) is -0.497. The first-order chi connectivity index (χ1) is 11.0. The summed E-state index contributed by atoms with van der Waals surface area (Å²) in [6, 6.07) is 8.09. The molecule has 0 radical (unpaired) electrons. The maximum Gasteiger partial charge on any atom is 0.176 e. The van der Waals surface area contributed by atoms with Crippen LogP contribution < -0.4 is 0 Å². The van der Waals surface area contributed by atoms with Crippen LogP contribution in [-0.4, -0.2) is 10.3 Å². The van der Waals surface area contributed by atoms with Crippen LogP contribution >= 0.6 is 15.9 Å².